The number of nitrogens with zero attached hydrogens (tertiary/aromatic N) is 4. The lowest BCUT2D eigenvalue weighted by Crippen LogP contribution is -2.36. The maximum Gasteiger partial charge on any atom is 0.274 e. The number of amides is 1. The molecule has 3 aromatic heterocycles. The van der Waals surface area contributed by atoms with Crippen molar-refractivity contribution in [3.8, 4) is 11.4 Å². The fraction of sp³-hybridized carbons (Fsp3) is 0.273. The van der Waals surface area contributed by atoms with E-state index in [0.717, 1.165) is 29.6 Å². The molecule has 8 nitrogen and oxygen atoms in total. The Morgan fingerprint density at radius 1 is 1.26 bits per heavy atom. The minimum atomic E-state index is -0.227. The summed E-state index contributed by atoms with van der Waals surface area (Å²) in [5, 5.41) is 7.15. The predicted octanol–water partition coefficient (Wildman–Crippen LogP) is 4.06. The Bertz CT molecular complexity index is 1240. The third kappa shape index (κ3) is 3.82. The topological polar surface area (TPSA) is 97.3 Å². The number of hydrogen-bond acceptors (Lipinski definition) is 7. The van der Waals surface area contributed by atoms with Crippen LogP contribution < -0.4 is 10.0 Å². The zero-order valence-electron chi connectivity index (χ0n) is 17.2. The highest BCUT2D eigenvalue weighted by molar-refractivity contribution is 7.96. The summed E-state index contributed by atoms with van der Waals surface area (Å²) in [5.74, 6) is 1.27. The van der Waals surface area contributed by atoms with Gasteiger partial charge in [-0.05, 0) is 49.8 Å². The fourth-order valence-corrected chi connectivity index (χ4v) is 4.31. The Morgan fingerprint density at radius 2 is 2.13 bits per heavy atom. The third-order valence-corrected chi connectivity index (χ3v) is 6.18. The monoisotopic (exact) mass is 434 g/mol. The molecule has 5 rings (SSSR count). The average Bonchev–Trinajstić information content (AvgIpc) is 3.39. The van der Waals surface area contributed by atoms with E-state index < -0.39 is 0 Å². The van der Waals surface area contributed by atoms with Gasteiger partial charge in [0.15, 0.2) is 0 Å². The van der Waals surface area contributed by atoms with Gasteiger partial charge in [0.2, 0.25) is 11.7 Å². The van der Waals surface area contributed by atoms with Gasteiger partial charge in [-0.3, -0.25) is 13.9 Å². The van der Waals surface area contributed by atoms with Crippen molar-refractivity contribution in [3.05, 3.63) is 65.9 Å². The molecule has 1 aliphatic carbocycles. The zero-order chi connectivity index (χ0) is 21.4. The second kappa shape index (κ2) is 8.16. The van der Waals surface area contributed by atoms with Crippen molar-refractivity contribution in [3.63, 3.8) is 0 Å². The first-order chi connectivity index (χ1) is 15.1. The Kier molecular flexibility index (Phi) is 5.21. The molecule has 3 heterocycles. The second-order valence-electron chi connectivity index (χ2n) is 7.70. The summed E-state index contributed by atoms with van der Waals surface area (Å²) < 4.78 is 10.6. The van der Waals surface area contributed by atoms with Crippen LogP contribution in [0.5, 0.6) is 0 Å². The quantitative estimate of drug-likeness (QED) is 0.442. The first-order valence-electron chi connectivity index (χ1n) is 10.1. The molecule has 0 atom stereocenters. The van der Waals surface area contributed by atoms with Gasteiger partial charge in [-0.25, -0.2) is 4.98 Å². The molecule has 0 saturated heterocycles. The molecular weight excluding hydrogens is 412 g/mol. The lowest BCUT2D eigenvalue weighted by Gasteiger charge is -2.32. The van der Waals surface area contributed by atoms with Crippen molar-refractivity contribution in [2.75, 3.05) is 11.6 Å². The zero-order valence-corrected chi connectivity index (χ0v) is 18.0. The van der Waals surface area contributed by atoms with Crippen LogP contribution in [0.4, 0.5) is 5.69 Å². The molecule has 0 unspecified atom stereocenters. The molecule has 0 spiro atoms. The number of nitrogens with one attached hydrogen (secondary N) is 2. The first-order valence-corrected chi connectivity index (χ1v) is 11.3. The number of rotatable bonds is 6. The molecule has 1 fully saturated rings. The summed E-state index contributed by atoms with van der Waals surface area (Å²) in [6.07, 6.45) is 7.42. The summed E-state index contributed by atoms with van der Waals surface area (Å²) in [5.41, 5.74) is 3.64. The minimum Gasteiger partial charge on any atom is -0.339 e. The number of hydrogen-bond donors (Lipinski definition) is 2. The first kappa shape index (κ1) is 19.8. The molecular formula is C22H22N6O2S. The maximum atomic E-state index is 12.9. The highest BCUT2D eigenvalue weighted by Crippen LogP contribution is 2.37. The van der Waals surface area contributed by atoms with Crippen LogP contribution in [0.1, 0.15) is 40.7 Å². The lowest BCUT2D eigenvalue weighted by molar-refractivity contribution is 0.102. The summed E-state index contributed by atoms with van der Waals surface area (Å²) in [6.45, 7) is 1.95. The Hall–Kier alpha value is -3.17. The van der Waals surface area contributed by atoms with Crippen molar-refractivity contribution in [1.82, 2.24) is 24.2 Å². The van der Waals surface area contributed by atoms with Crippen molar-refractivity contribution in [1.29, 1.82) is 0 Å². The molecule has 1 amide bonds. The van der Waals surface area contributed by atoms with Gasteiger partial charge in [0.05, 0.1) is 6.20 Å². The van der Waals surface area contributed by atoms with E-state index in [2.05, 4.69) is 25.2 Å². The largest absolute Gasteiger partial charge is 0.339 e. The molecule has 1 aromatic carbocycles. The number of carbonyl (C=O) groups is 1. The van der Waals surface area contributed by atoms with Gasteiger partial charge in [-0.15, -0.1) is 0 Å². The van der Waals surface area contributed by atoms with Crippen LogP contribution in [-0.2, 0) is 0 Å². The van der Waals surface area contributed by atoms with Crippen LogP contribution in [0.2, 0.25) is 0 Å². The number of aromatic nitrogens is 4. The van der Waals surface area contributed by atoms with Gasteiger partial charge in [-0.1, -0.05) is 35.3 Å². The highest BCUT2D eigenvalue weighted by atomic mass is 32.2. The predicted molar refractivity (Wildman–Crippen MR) is 120 cm³/mol. The van der Waals surface area contributed by atoms with Crippen molar-refractivity contribution < 1.29 is 9.32 Å². The molecule has 0 bridgehead atoms. The van der Waals surface area contributed by atoms with Gasteiger partial charge in [0, 0.05) is 29.4 Å². The van der Waals surface area contributed by atoms with Crippen LogP contribution in [0.15, 0.2) is 53.3 Å². The fourth-order valence-electron chi connectivity index (χ4n) is 3.78. The number of aryl methyl sites for hydroxylation is 1. The average molecular weight is 435 g/mol. The number of benzene rings is 1. The maximum absolute atomic E-state index is 12.9. The van der Waals surface area contributed by atoms with Gasteiger partial charge < -0.3 is 9.84 Å². The number of anilines is 1. The van der Waals surface area contributed by atoms with Gasteiger partial charge in [0.25, 0.3) is 5.91 Å². The van der Waals surface area contributed by atoms with Crippen molar-refractivity contribution >= 4 is 29.2 Å². The number of imidazole rings is 1. The summed E-state index contributed by atoms with van der Waals surface area (Å²) in [4.78, 5) is 21.8. The Balaban J connectivity index is 1.35. The van der Waals surface area contributed by atoms with E-state index in [1.165, 1.54) is 0 Å². The summed E-state index contributed by atoms with van der Waals surface area (Å²) >= 11 is 1.64. The second-order valence-corrected chi connectivity index (χ2v) is 8.34. The van der Waals surface area contributed by atoms with E-state index in [4.69, 9.17) is 4.52 Å². The van der Waals surface area contributed by atoms with E-state index in [1.54, 1.807) is 22.5 Å². The SMILES string of the molecule is CSNC1CC(c2nc(-c3ccc(C)c(NC(=O)c4cnc5ccccn45)c3)no2)C1. The van der Waals surface area contributed by atoms with Crippen LogP contribution >= 0.6 is 11.9 Å². The highest BCUT2D eigenvalue weighted by Gasteiger charge is 2.34. The van der Waals surface area contributed by atoms with Crippen LogP contribution in [0.25, 0.3) is 17.0 Å². The van der Waals surface area contributed by atoms with Crippen molar-refractivity contribution in [2.45, 2.75) is 31.7 Å². The molecule has 0 aliphatic heterocycles. The standard InChI is InChI=1S/C22H22N6O2S/c1-13-6-7-14(20-25-22(30-26-20)15-9-16(10-15)27-31-2)11-17(13)24-21(29)18-12-23-19-5-3-4-8-28(18)19/h3-8,11-12,15-16,27H,9-10H2,1-2H3,(H,24,29). The lowest BCUT2D eigenvalue weighted by atomic mass is 9.81. The molecule has 31 heavy (non-hydrogen) atoms. The molecule has 1 aliphatic rings. The number of carbonyl (C=O) groups excluding carboxylic acids is 1. The van der Waals surface area contributed by atoms with E-state index >= 15 is 0 Å². The minimum absolute atomic E-state index is 0.227. The van der Waals surface area contributed by atoms with Crippen molar-refractivity contribution in [2.24, 2.45) is 0 Å². The van der Waals surface area contributed by atoms with Crippen LogP contribution in [-0.4, -0.2) is 37.7 Å². The molecule has 4 aromatic rings. The van der Waals surface area contributed by atoms with E-state index in [-0.39, 0.29) is 5.91 Å². The van der Waals surface area contributed by atoms with E-state index in [9.17, 15) is 4.79 Å². The van der Waals surface area contributed by atoms with Gasteiger partial charge >= 0.3 is 0 Å². The van der Waals surface area contributed by atoms with Crippen LogP contribution in [0, 0.1) is 6.92 Å². The van der Waals surface area contributed by atoms with E-state index in [0.29, 0.717) is 35.1 Å². The molecule has 0 radical (unpaired) electrons. The number of fused-ring (bicyclic) bond motifs is 1. The van der Waals surface area contributed by atoms with Gasteiger partial charge in [0.1, 0.15) is 11.3 Å². The van der Waals surface area contributed by atoms with Crippen LogP contribution in [0.3, 0.4) is 0 Å². The molecule has 2 N–H and O–H groups in total. The molecule has 9 heteroatoms. The number of pyridine rings is 1. The Labute approximate surface area is 183 Å². The summed E-state index contributed by atoms with van der Waals surface area (Å²) in [7, 11) is 0. The smallest absolute Gasteiger partial charge is 0.274 e. The third-order valence-electron chi connectivity index (χ3n) is 5.61. The Morgan fingerprint density at radius 3 is 2.97 bits per heavy atom. The molecule has 158 valence electrons. The normalized spacial score (nSPS) is 18.1. The summed E-state index contributed by atoms with van der Waals surface area (Å²) in [6, 6.07) is 11.9. The van der Waals surface area contributed by atoms with E-state index in [1.807, 2.05) is 55.8 Å². The van der Waals surface area contributed by atoms with Gasteiger partial charge in [-0.2, -0.15) is 4.98 Å². The molecule has 1 saturated carbocycles.